The summed E-state index contributed by atoms with van der Waals surface area (Å²) in [7, 11) is 0. The van der Waals surface area contributed by atoms with Gasteiger partial charge in [-0.25, -0.2) is 9.18 Å². The van der Waals surface area contributed by atoms with Crippen molar-refractivity contribution in [1.29, 1.82) is 0 Å². The zero-order valence-electron chi connectivity index (χ0n) is 12.1. The van der Waals surface area contributed by atoms with E-state index in [0.717, 1.165) is 31.0 Å². The van der Waals surface area contributed by atoms with E-state index in [1.54, 1.807) is 0 Å². The number of hydrogen-bond acceptors (Lipinski definition) is 5. The summed E-state index contributed by atoms with van der Waals surface area (Å²) >= 11 is 0. The molecule has 134 valence electrons. The number of nitrogens with zero attached hydrogens (tertiary/aromatic N) is 1. The second-order valence-corrected chi connectivity index (χ2v) is 4.99. The van der Waals surface area contributed by atoms with E-state index in [0.29, 0.717) is 6.42 Å². The van der Waals surface area contributed by atoms with Crippen LogP contribution in [0.3, 0.4) is 0 Å². The summed E-state index contributed by atoms with van der Waals surface area (Å²) in [5.41, 5.74) is 5.50. The van der Waals surface area contributed by atoms with Crippen molar-refractivity contribution in [3.63, 3.8) is 0 Å². The first kappa shape index (κ1) is 19.6. The lowest BCUT2D eigenvalue weighted by molar-refractivity contribution is -0.386. The molecule has 0 aliphatic heterocycles. The minimum Gasteiger partial charge on any atom is -0.483 e. The predicted octanol–water partition coefficient (Wildman–Crippen LogP) is 2.63. The molecule has 0 bridgehead atoms. The Bertz CT molecular complexity index is 609. The van der Waals surface area contributed by atoms with Gasteiger partial charge in [0.15, 0.2) is 5.75 Å². The first-order chi connectivity index (χ1) is 11.0. The van der Waals surface area contributed by atoms with Gasteiger partial charge in [-0.15, -0.1) is 0 Å². The van der Waals surface area contributed by atoms with Gasteiger partial charge in [0, 0.05) is 18.2 Å². The normalized spacial score (nSPS) is 20.0. The second kappa shape index (κ2) is 7.90. The van der Waals surface area contributed by atoms with Crippen molar-refractivity contribution in [3.05, 3.63) is 34.1 Å². The Labute approximate surface area is 133 Å². The average Bonchev–Trinajstić information content (AvgIpc) is 2.83. The second-order valence-electron chi connectivity index (χ2n) is 4.99. The van der Waals surface area contributed by atoms with Gasteiger partial charge in [-0.2, -0.15) is 13.2 Å². The zero-order chi connectivity index (χ0) is 18.5. The van der Waals surface area contributed by atoms with Gasteiger partial charge in [-0.3, -0.25) is 10.1 Å². The number of halogens is 4. The molecule has 1 aromatic rings. The molecule has 0 unspecified atom stereocenters. The number of ether oxygens (including phenoxy) is 1. The molecule has 1 aromatic carbocycles. The molecule has 24 heavy (non-hydrogen) atoms. The van der Waals surface area contributed by atoms with Crippen molar-refractivity contribution >= 4 is 11.7 Å². The van der Waals surface area contributed by atoms with Crippen molar-refractivity contribution in [1.82, 2.24) is 0 Å². The highest BCUT2D eigenvalue weighted by atomic mass is 19.4. The number of nitro benzene ring substituents is 1. The van der Waals surface area contributed by atoms with Crippen LogP contribution in [-0.4, -0.2) is 34.3 Å². The fourth-order valence-corrected chi connectivity index (χ4v) is 1.99. The molecule has 11 heteroatoms. The van der Waals surface area contributed by atoms with Crippen LogP contribution >= 0.6 is 0 Å². The lowest BCUT2D eigenvalue weighted by Gasteiger charge is -2.13. The molecular formula is C13H14F4N2O5. The van der Waals surface area contributed by atoms with E-state index in [9.17, 15) is 27.7 Å². The van der Waals surface area contributed by atoms with Crippen LogP contribution in [0.5, 0.6) is 5.75 Å². The van der Waals surface area contributed by atoms with Gasteiger partial charge >= 0.3 is 17.8 Å². The number of nitrogens with two attached hydrogens (primary N) is 1. The number of carbonyl (C=O) groups is 1. The summed E-state index contributed by atoms with van der Waals surface area (Å²) in [5.74, 6) is -3.32. The molecule has 1 fully saturated rings. The lowest BCUT2D eigenvalue weighted by atomic mass is 10.2. The van der Waals surface area contributed by atoms with Crippen molar-refractivity contribution in [2.24, 2.45) is 5.73 Å². The van der Waals surface area contributed by atoms with E-state index in [4.69, 9.17) is 20.4 Å². The number of hydrogen-bond donors (Lipinski definition) is 2. The predicted molar refractivity (Wildman–Crippen MR) is 73.0 cm³/mol. The monoisotopic (exact) mass is 354 g/mol. The fraction of sp³-hybridized carbons (Fsp3) is 0.462. The van der Waals surface area contributed by atoms with E-state index in [1.165, 1.54) is 0 Å². The maximum absolute atomic E-state index is 13.0. The van der Waals surface area contributed by atoms with Gasteiger partial charge in [0.1, 0.15) is 11.9 Å². The molecule has 2 atom stereocenters. The largest absolute Gasteiger partial charge is 0.490 e. The molecule has 0 spiro atoms. The van der Waals surface area contributed by atoms with Crippen molar-refractivity contribution in [2.45, 2.75) is 37.6 Å². The Morgan fingerprint density at radius 1 is 1.38 bits per heavy atom. The molecule has 1 saturated carbocycles. The van der Waals surface area contributed by atoms with Gasteiger partial charge in [-0.05, 0) is 25.3 Å². The van der Waals surface area contributed by atoms with Gasteiger partial charge in [0.05, 0.1) is 4.92 Å². The summed E-state index contributed by atoms with van der Waals surface area (Å²) in [6.45, 7) is 0. The summed E-state index contributed by atoms with van der Waals surface area (Å²) in [5, 5.41) is 17.9. The Morgan fingerprint density at radius 3 is 2.38 bits per heavy atom. The smallest absolute Gasteiger partial charge is 0.483 e. The number of carboxylic acids is 1. The number of rotatable bonds is 3. The highest BCUT2D eigenvalue weighted by Crippen LogP contribution is 2.31. The highest BCUT2D eigenvalue weighted by Gasteiger charge is 2.38. The maximum Gasteiger partial charge on any atom is 0.490 e. The standard InChI is InChI=1S/C11H13FN2O3.C2HF3O2/c12-7-1-4-10(14(15)16)11(5-7)17-9-3-2-8(13)6-9;3-2(4,5)1(6)7/h1,4-5,8-9H,2-3,6,13H2;(H,6,7)/t8-,9-;/m0./s1. The topological polar surface area (TPSA) is 116 Å². The number of benzene rings is 1. The van der Waals surface area contributed by atoms with Crippen LogP contribution in [0, 0.1) is 15.9 Å². The molecule has 0 aromatic heterocycles. The fourth-order valence-electron chi connectivity index (χ4n) is 1.99. The summed E-state index contributed by atoms with van der Waals surface area (Å²) in [6, 6.07) is 3.26. The minimum absolute atomic E-state index is 0.0194. The molecule has 0 heterocycles. The molecule has 2 rings (SSSR count). The average molecular weight is 354 g/mol. The van der Waals surface area contributed by atoms with Crippen LogP contribution in [0.15, 0.2) is 18.2 Å². The lowest BCUT2D eigenvalue weighted by Crippen LogP contribution is -2.21. The molecule has 7 nitrogen and oxygen atoms in total. The number of aliphatic carboxylic acids is 1. The molecule has 0 radical (unpaired) electrons. The van der Waals surface area contributed by atoms with Crippen molar-refractivity contribution in [2.75, 3.05) is 0 Å². The van der Waals surface area contributed by atoms with Crippen LogP contribution < -0.4 is 10.5 Å². The first-order valence-corrected chi connectivity index (χ1v) is 6.67. The third-order valence-corrected chi connectivity index (χ3v) is 3.08. The number of carboxylic acid groups (broad SMARTS) is 1. The Hall–Kier alpha value is -2.43. The Kier molecular flexibility index (Phi) is 6.46. The van der Waals surface area contributed by atoms with Gasteiger partial charge < -0.3 is 15.6 Å². The van der Waals surface area contributed by atoms with E-state index in [2.05, 4.69) is 0 Å². The molecule has 0 saturated heterocycles. The van der Waals surface area contributed by atoms with Crippen LogP contribution in [0.25, 0.3) is 0 Å². The first-order valence-electron chi connectivity index (χ1n) is 6.67. The van der Waals surface area contributed by atoms with Crippen LogP contribution in [0.1, 0.15) is 19.3 Å². The highest BCUT2D eigenvalue weighted by molar-refractivity contribution is 5.73. The minimum atomic E-state index is -5.08. The van der Waals surface area contributed by atoms with Crippen molar-refractivity contribution in [3.8, 4) is 5.75 Å². The van der Waals surface area contributed by atoms with Crippen LogP contribution in [0.2, 0.25) is 0 Å². The molecule has 3 N–H and O–H groups in total. The Morgan fingerprint density at radius 2 is 1.96 bits per heavy atom. The summed E-state index contributed by atoms with van der Waals surface area (Å²) in [6.07, 6.45) is -3.03. The van der Waals surface area contributed by atoms with E-state index in [-0.39, 0.29) is 23.6 Å². The van der Waals surface area contributed by atoms with Gasteiger partial charge in [-0.1, -0.05) is 0 Å². The van der Waals surface area contributed by atoms with Crippen molar-refractivity contribution < 1.29 is 37.1 Å². The quantitative estimate of drug-likeness (QED) is 0.490. The van der Waals surface area contributed by atoms with Crippen LogP contribution in [-0.2, 0) is 4.79 Å². The third kappa shape index (κ3) is 5.99. The Balaban J connectivity index is 0.000000351. The molecular weight excluding hydrogens is 340 g/mol. The molecule has 1 aliphatic rings. The van der Waals surface area contributed by atoms with E-state index < -0.39 is 22.9 Å². The zero-order valence-corrected chi connectivity index (χ0v) is 12.1. The third-order valence-electron chi connectivity index (χ3n) is 3.08. The van der Waals surface area contributed by atoms with Crippen LogP contribution in [0.4, 0.5) is 23.2 Å². The van der Waals surface area contributed by atoms with E-state index >= 15 is 0 Å². The molecule has 1 aliphatic carbocycles. The number of nitro groups is 1. The maximum atomic E-state index is 13.0. The molecule has 0 amide bonds. The summed E-state index contributed by atoms with van der Waals surface area (Å²) in [4.78, 5) is 19.1. The van der Waals surface area contributed by atoms with E-state index in [1.807, 2.05) is 0 Å². The summed E-state index contributed by atoms with van der Waals surface area (Å²) < 4.78 is 50.2. The van der Waals surface area contributed by atoms with Gasteiger partial charge in [0.25, 0.3) is 0 Å². The number of alkyl halides is 3. The van der Waals surface area contributed by atoms with Gasteiger partial charge in [0.2, 0.25) is 0 Å². The SMILES string of the molecule is N[C@H]1CC[C@H](Oc2cc(F)ccc2[N+](=O)[O-])C1.O=C(O)C(F)(F)F.